The standard InChI is InChI=1S/C21H17ClF3N5O2/c22-13-7-8-16(14(11-13)20(32)29-9-3-4-10-29)26-19(31)17-12-30(28-27-17)18-6-2-1-5-15(18)21(23,24)25/h1-2,5-8,11-12H,3-4,9-10H2,(H,26,31). The molecule has 0 unspecified atom stereocenters. The van der Waals surface area contributed by atoms with Gasteiger partial charge in [0, 0.05) is 18.1 Å². The summed E-state index contributed by atoms with van der Waals surface area (Å²) in [7, 11) is 0. The number of hydrogen-bond acceptors (Lipinski definition) is 4. The van der Waals surface area contributed by atoms with Crippen LogP contribution in [0.25, 0.3) is 5.69 Å². The van der Waals surface area contributed by atoms with E-state index < -0.39 is 17.6 Å². The summed E-state index contributed by atoms with van der Waals surface area (Å²) in [6, 6.07) is 9.31. The van der Waals surface area contributed by atoms with Crippen molar-refractivity contribution in [3.63, 3.8) is 0 Å². The van der Waals surface area contributed by atoms with Crippen molar-refractivity contribution in [2.75, 3.05) is 18.4 Å². The van der Waals surface area contributed by atoms with E-state index in [9.17, 15) is 22.8 Å². The van der Waals surface area contributed by atoms with Gasteiger partial charge in [-0.1, -0.05) is 28.9 Å². The Kier molecular flexibility index (Phi) is 5.88. The van der Waals surface area contributed by atoms with Crippen LogP contribution in [0, 0.1) is 0 Å². The number of amides is 2. The van der Waals surface area contributed by atoms with Gasteiger partial charge in [0.1, 0.15) is 0 Å². The largest absolute Gasteiger partial charge is 0.418 e. The number of hydrogen-bond donors (Lipinski definition) is 1. The highest BCUT2D eigenvalue weighted by atomic mass is 35.5. The molecule has 2 amide bonds. The monoisotopic (exact) mass is 463 g/mol. The minimum absolute atomic E-state index is 0.212. The molecule has 0 spiro atoms. The second-order valence-corrected chi connectivity index (χ2v) is 7.64. The van der Waals surface area contributed by atoms with Crippen molar-refractivity contribution in [2.45, 2.75) is 19.0 Å². The second kappa shape index (κ2) is 8.62. The van der Waals surface area contributed by atoms with Crippen molar-refractivity contribution in [3.05, 3.63) is 70.5 Å². The number of benzene rings is 2. The predicted molar refractivity (Wildman–Crippen MR) is 111 cm³/mol. The number of para-hydroxylation sites is 1. The summed E-state index contributed by atoms with van der Waals surface area (Å²) in [6.45, 7) is 1.23. The van der Waals surface area contributed by atoms with Crippen LogP contribution in [0.15, 0.2) is 48.7 Å². The lowest BCUT2D eigenvalue weighted by molar-refractivity contribution is -0.137. The summed E-state index contributed by atoms with van der Waals surface area (Å²) in [4.78, 5) is 27.2. The average molecular weight is 464 g/mol. The zero-order valence-corrected chi connectivity index (χ0v) is 17.3. The molecule has 7 nitrogen and oxygen atoms in total. The van der Waals surface area contributed by atoms with Gasteiger partial charge in [-0.15, -0.1) is 5.10 Å². The van der Waals surface area contributed by atoms with Crippen LogP contribution in [0.1, 0.15) is 39.3 Å². The lowest BCUT2D eigenvalue weighted by Gasteiger charge is -2.18. The summed E-state index contributed by atoms with van der Waals surface area (Å²) in [5, 5.41) is 10.3. The molecule has 2 aromatic carbocycles. The predicted octanol–water partition coefficient (Wildman–Crippen LogP) is 4.43. The zero-order chi connectivity index (χ0) is 22.9. The van der Waals surface area contributed by atoms with E-state index in [4.69, 9.17) is 11.6 Å². The number of carbonyl (C=O) groups excluding carboxylic acids is 2. The molecule has 0 atom stereocenters. The average Bonchev–Trinajstić information content (AvgIpc) is 3.46. The molecule has 0 radical (unpaired) electrons. The van der Waals surface area contributed by atoms with E-state index in [1.54, 1.807) is 4.90 Å². The van der Waals surface area contributed by atoms with Gasteiger partial charge >= 0.3 is 6.18 Å². The maximum Gasteiger partial charge on any atom is 0.418 e. The Hall–Kier alpha value is -3.40. The first kappa shape index (κ1) is 21.8. The fourth-order valence-corrected chi connectivity index (χ4v) is 3.65. The third-order valence-corrected chi connectivity index (χ3v) is 5.27. The Morgan fingerprint density at radius 3 is 2.50 bits per heavy atom. The van der Waals surface area contributed by atoms with Crippen LogP contribution in [-0.2, 0) is 6.18 Å². The first-order chi connectivity index (χ1) is 15.2. The summed E-state index contributed by atoms with van der Waals surface area (Å²) >= 11 is 6.04. The highest BCUT2D eigenvalue weighted by molar-refractivity contribution is 6.31. The van der Waals surface area contributed by atoms with Crippen LogP contribution in [-0.4, -0.2) is 44.8 Å². The van der Waals surface area contributed by atoms with Crippen molar-refractivity contribution in [1.82, 2.24) is 19.9 Å². The van der Waals surface area contributed by atoms with Crippen LogP contribution in [0.4, 0.5) is 18.9 Å². The van der Waals surface area contributed by atoms with E-state index in [2.05, 4.69) is 15.6 Å². The van der Waals surface area contributed by atoms with Crippen LogP contribution in [0.3, 0.4) is 0 Å². The molecular weight excluding hydrogens is 447 g/mol. The number of halogens is 4. The Balaban J connectivity index is 1.59. The third kappa shape index (κ3) is 4.45. The van der Waals surface area contributed by atoms with Crippen molar-refractivity contribution < 1.29 is 22.8 Å². The minimum Gasteiger partial charge on any atom is -0.339 e. The molecule has 2 heterocycles. The normalized spacial score (nSPS) is 13.9. The Labute approximate surface area is 185 Å². The van der Waals surface area contributed by atoms with Gasteiger partial charge in [0.15, 0.2) is 5.69 Å². The molecule has 4 rings (SSSR count). The minimum atomic E-state index is -4.60. The summed E-state index contributed by atoms with van der Waals surface area (Å²) in [6.07, 6.45) is -1.70. The zero-order valence-electron chi connectivity index (χ0n) is 16.6. The van der Waals surface area contributed by atoms with E-state index in [0.717, 1.165) is 29.8 Å². The number of likely N-dealkylation sites (tertiary alicyclic amines) is 1. The Bertz CT molecular complexity index is 1170. The number of nitrogens with one attached hydrogen (secondary N) is 1. The van der Waals surface area contributed by atoms with Gasteiger partial charge in [-0.3, -0.25) is 9.59 Å². The molecule has 1 fully saturated rings. The first-order valence-corrected chi connectivity index (χ1v) is 10.1. The van der Waals surface area contributed by atoms with Crippen LogP contribution in [0.2, 0.25) is 5.02 Å². The maximum atomic E-state index is 13.3. The molecule has 1 aromatic heterocycles. The molecule has 1 saturated heterocycles. The number of rotatable bonds is 4. The van der Waals surface area contributed by atoms with Gasteiger partial charge in [0.2, 0.25) is 0 Å². The second-order valence-electron chi connectivity index (χ2n) is 7.21. The molecule has 3 aromatic rings. The number of anilines is 1. The lowest BCUT2D eigenvalue weighted by atomic mass is 10.1. The molecule has 11 heteroatoms. The van der Waals surface area contributed by atoms with Crippen LogP contribution >= 0.6 is 11.6 Å². The first-order valence-electron chi connectivity index (χ1n) is 9.73. The molecule has 1 N–H and O–H groups in total. The van der Waals surface area contributed by atoms with E-state index in [1.165, 1.54) is 36.4 Å². The van der Waals surface area contributed by atoms with E-state index >= 15 is 0 Å². The van der Waals surface area contributed by atoms with E-state index in [0.29, 0.717) is 18.1 Å². The molecule has 166 valence electrons. The van der Waals surface area contributed by atoms with Crippen molar-refractivity contribution >= 4 is 29.1 Å². The number of carbonyl (C=O) groups is 2. The lowest BCUT2D eigenvalue weighted by Crippen LogP contribution is -2.29. The number of alkyl halides is 3. The van der Waals surface area contributed by atoms with Crippen molar-refractivity contribution in [3.8, 4) is 5.69 Å². The molecular formula is C21H17ClF3N5O2. The quantitative estimate of drug-likeness (QED) is 0.621. The van der Waals surface area contributed by atoms with Gasteiger partial charge in [0.25, 0.3) is 11.8 Å². The van der Waals surface area contributed by atoms with Crippen molar-refractivity contribution in [2.24, 2.45) is 0 Å². The smallest absolute Gasteiger partial charge is 0.339 e. The summed E-state index contributed by atoms with van der Waals surface area (Å²) in [5.41, 5.74) is -0.934. The van der Waals surface area contributed by atoms with Gasteiger partial charge in [-0.2, -0.15) is 13.2 Å². The topological polar surface area (TPSA) is 80.1 Å². The molecule has 0 bridgehead atoms. The SMILES string of the molecule is O=C(Nc1ccc(Cl)cc1C(=O)N1CCCC1)c1cn(-c2ccccc2C(F)(F)F)nn1. The van der Waals surface area contributed by atoms with Gasteiger partial charge in [0.05, 0.1) is 28.7 Å². The fraction of sp³-hybridized carbons (Fsp3) is 0.238. The molecule has 1 aliphatic heterocycles. The van der Waals surface area contributed by atoms with Gasteiger partial charge < -0.3 is 10.2 Å². The summed E-state index contributed by atoms with van der Waals surface area (Å²) < 4.78 is 40.7. The highest BCUT2D eigenvalue weighted by Gasteiger charge is 2.34. The van der Waals surface area contributed by atoms with E-state index in [-0.39, 0.29) is 28.5 Å². The molecule has 0 aliphatic carbocycles. The number of nitrogens with zero attached hydrogens (tertiary/aromatic N) is 4. The molecule has 0 saturated carbocycles. The van der Waals surface area contributed by atoms with E-state index in [1.807, 2.05) is 0 Å². The van der Waals surface area contributed by atoms with Gasteiger partial charge in [-0.25, -0.2) is 4.68 Å². The molecule has 32 heavy (non-hydrogen) atoms. The fourth-order valence-electron chi connectivity index (χ4n) is 3.48. The third-order valence-electron chi connectivity index (χ3n) is 5.04. The van der Waals surface area contributed by atoms with Gasteiger partial charge in [-0.05, 0) is 43.2 Å². The maximum absolute atomic E-state index is 13.3. The van der Waals surface area contributed by atoms with Crippen LogP contribution < -0.4 is 5.32 Å². The molecule has 1 aliphatic rings. The number of aromatic nitrogens is 3. The highest BCUT2D eigenvalue weighted by Crippen LogP contribution is 2.33. The Morgan fingerprint density at radius 1 is 1.06 bits per heavy atom. The van der Waals surface area contributed by atoms with Crippen LogP contribution in [0.5, 0.6) is 0 Å². The Morgan fingerprint density at radius 2 is 1.78 bits per heavy atom. The summed E-state index contributed by atoms with van der Waals surface area (Å²) in [5.74, 6) is -0.985. The van der Waals surface area contributed by atoms with Crippen molar-refractivity contribution in [1.29, 1.82) is 0 Å².